The third-order valence-electron chi connectivity index (χ3n) is 7.71. The summed E-state index contributed by atoms with van der Waals surface area (Å²) in [5.41, 5.74) is 0.139. The second kappa shape index (κ2) is 6.48. The molecule has 2 bridgehead atoms. The molecule has 1 aromatic heterocycles. The summed E-state index contributed by atoms with van der Waals surface area (Å²) >= 11 is 0. The van der Waals surface area contributed by atoms with Crippen molar-refractivity contribution in [2.75, 3.05) is 7.11 Å². The molecule has 2 heterocycles. The molecular formula is C23H38O4Si. The van der Waals surface area contributed by atoms with Gasteiger partial charge in [-0.3, -0.25) is 0 Å². The summed E-state index contributed by atoms with van der Waals surface area (Å²) in [6.07, 6.45) is 0.674. The number of ether oxygens (including phenoxy) is 2. The van der Waals surface area contributed by atoms with Gasteiger partial charge in [-0.05, 0) is 43.6 Å². The quantitative estimate of drug-likeness (QED) is 0.554. The van der Waals surface area contributed by atoms with Crippen LogP contribution in [0.3, 0.4) is 0 Å². The molecule has 0 unspecified atom stereocenters. The highest BCUT2D eigenvalue weighted by molar-refractivity contribution is 6.74. The predicted octanol–water partition coefficient (Wildman–Crippen LogP) is 6.10. The van der Waals surface area contributed by atoms with Crippen molar-refractivity contribution >= 4 is 8.32 Å². The molecule has 0 radical (unpaired) electrons. The minimum absolute atomic E-state index is 0.0815. The lowest BCUT2D eigenvalue weighted by Crippen LogP contribution is -2.56. The van der Waals surface area contributed by atoms with E-state index in [2.05, 4.69) is 67.3 Å². The van der Waals surface area contributed by atoms with Gasteiger partial charge >= 0.3 is 0 Å². The molecule has 1 aliphatic heterocycles. The molecule has 1 aliphatic carbocycles. The summed E-state index contributed by atoms with van der Waals surface area (Å²) < 4.78 is 25.8. The van der Waals surface area contributed by atoms with E-state index in [-0.39, 0.29) is 23.0 Å². The Morgan fingerprint density at radius 3 is 2.36 bits per heavy atom. The second-order valence-corrected chi connectivity index (χ2v) is 15.2. The van der Waals surface area contributed by atoms with Gasteiger partial charge in [-0.15, -0.1) is 0 Å². The van der Waals surface area contributed by atoms with Crippen LogP contribution in [0.15, 0.2) is 22.8 Å². The molecular weight excluding hydrogens is 368 g/mol. The van der Waals surface area contributed by atoms with Gasteiger partial charge in [0.1, 0.15) is 28.5 Å². The van der Waals surface area contributed by atoms with Crippen LogP contribution < -0.4 is 0 Å². The van der Waals surface area contributed by atoms with Crippen LogP contribution in [0.5, 0.6) is 0 Å². The smallest absolute Gasteiger partial charge is 0.193 e. The summed E-state index contributed by atoms with van der Waals surface area (Å²) in [6, 6.07) is 2.10. The molecule has 2 fully saturated rings. The zero-order valence-electron chi connectivity index (χ0n) is 19.4. The van der Waals surface area contributed by atoms with Crippen LogP contribution in [0.2, 0.25) is 18.1 Å². The number of methoxy groups -OCH3 is 1. The first-order valence-electron chi connectivity index (χ1n) is 10.4. The number of fused-ring (bicyclic) bond motifs is 2. The predicted molar refractivity (Wildman–Crippen MR) is 115 cm³/mol. The summed E-state index contributed by atoms with van der Waals surface area (Å²) in [6.45, 7) is 24.2. The van der Waals surface area contributed by atoms with Crippen LogP contribution >= 0.6 is 0 Å². The van der Waals surface area contributed by atoms with E-state index in [0.717, 1.165) is 23.7 Å². The molecule has 3 rings (SSSR count). The molecule has 5 atom stereocenters. The van der Waals surface area contributed by atoms with Crippen LogP contribution in [0.25, 0.3) is 0 Å². The Balaban J connectivity index is 2.06. The van der Waals surface area contributed by atoms with E-state index in [0.29, 0.717) is 0 Å². The fourth-order valence-electron chi connectivity index (χ4n) is 5.14. The molecule has 28 heavy (non-hydrogen) atoms. The van der Waals surface area contributed by atoms with Crippen molar-refractivity contribution in [1.82, 2.24) is 0 Å². The van der Waals surface area contributed by atoms with Crippen molar-refractivity contribution in [3.8, 4) is 0 Å². The molecule has 1 saturated heterocycles. The monoisotopic (exact) mass is 406 g/mol. The Bertz CT molecular complexity index is 774. The van der Waals surface area contributed by atoms with Crippen LogP contribution in [-0.4, -0.2) is 32.7 Å². The Hall–Kier alpha value is -1.04. The highest BCUT2D eigenvalue weighted by Gasteiger charge is 2.73. The van der Waals surface area contributed by atoms with Crippen LogP contribution in [0.4, 0.5) is 0 Å². The SMILES string of the molecule is C=C1O[C@]2([C@@H](C)c3oc(C)cc3C)C[C@@]1(O[Si](C)(C)C(C)(C)C)[C@H](OC)[C@H]2C. The van der Waals surface area contributed by atoms with Gasteiger partial charge in [0, 0.05) is 19.4 Å². The average Bonchev–Trinajstić information content (AvgIpc) is 3.11. The Kier molecular flexibility index (Phi) is 5.01. The largest absolute Gasteiger partial charge is 0.488 e. The molecule has 1 saturated carbocycles. The molecule has 2 aliphatic rings. The van der Waals surface area contributed by atoms with E-state index in [1.54, 1.807) is 7.11 Å². The lowest BCUT2D eigenvalue weighted by atomic mass is 9.78. The number of hydrogen-bond acceptors (Lipinski definition) is 4. The maximum atomic E-state index is 7.03. The van der Waals surface area contributed by atoms with Crippen molar-refractivity contribution in [1.29, 1.82) is 0 Å². The van der Waals surface area contributed by atoms with Gasteiger partial charge in [0.25, 0.3) is 0 Å². The topological polar surface area (TPSA) is 40.8 Å². The van der Waals surface area contributed by atoms with Gasteiger partial charge in [0.2, 0.25) is 0 Å². The van der Waals surface area contributed by atoms with Gasteiger partial charge in [0.05, 0.1) is 12.0 Å². The number of furan rings is 1. The Morgan fingerprint density at radius 2 is 1.89 bits per heavy atom. The van der Waals surface area contributed by atoms with E-state index in [1.165, 1.54) is 5.56 Å². The van der Waals surface area contributed by atoms with Crippen LogP contribution in [0, 0.1) is 19.8 Å². The van der Waals surface area contributed by atoms with Gasteiger partial charge < -0.3 is 18.3 Å². The minimum atomic E-state index is -2.06. The molecule has 0 aromatic carbocycles. The van der Waals surface area contributed by atoms with Gasteiger partial charge in [-0.2, -0.15) is 0 Å². The second-order valence-electron chi connectivity index (χ2n) is 10.5. The minimum Gasteiger partial charge on any atom is -0.488 e. The number of hydrogen-bond donors (Lipinski definition) is 0. The van der Waals surface area contributed by atoms with E-state index in [4.69, 9.17) is 18.3 Å². The summed E-state index contributed by atoms with van der Waals surface area (Å²) in [7, 11) is -0.280. The summed E-state index contributed by atoms with van der Waals surface area (Å²) in [5.74, 6) is 2.89. The van der Waals surface area contributed by atoms with Crippen molar-refractivity contribution in [3.63, 3.8) is 0 Å². The molecule has 0 amide bonds. The molecule has 4 nitrogen and oxygen atoms in total. The maximum absolute atomic E-state index is 7.03. The highest BCUT2D eigenvalue weighted by atomic mass is 28.4. The van der Waals surface area contributed by atoms with E-state index in [1.807, 2.05) is 6.92 Å². The number of rotatable bonds is 5. The van der Waals surface area contributed by atoms with Crippen molar-refractivity contribution in [2.45, 2.75) is 96.2 Å². The maximum Gasteiger partial charge on any atom is 0.193 e. The lowest BCUT2D eigenvalue weighted by molar-refractivity contribution is -0.130. The normalized spacial score (nSPS) is 34.0. The molecule has 0 spiro atoms. The third-order valence-corrected chi connectivity index (χ3v) is 12.2. The Labute approximate surface area is 171 Å². The van der Waals surface area contributed by atoms with Crippen molar-refractivity contribution in [3.05, 3.63) is 35.5 Å². The first kappa shape index (κ1) is 21.7. The zero-order chi connectivity index (χ0) is 21.3. The fraction of sp³-hybridized carbons (Fsp3) is 0.739. The van der Waals surface area contributed by atoms with Crippen LogP contribution in [0.1, 0.15) is 64.0 Å². The first-order chi connectivity index (χ1) is 12.7. The summed E-state index contributed by atoms with van der Waals surface area (Å²) in [4.78, 5) is 0. The van der Waals surface area contributed by atoms with Crippen molar-refractivity contribution < 1.29 is 18.3 Å². The molecule has 5 heteroatoms. The first-order valence-corrected chi connectivity index (χ1v) is 13.3. The van der Waals surface area contributed by atoms with E-state index >= 15 is 0 Å². The van der Waals surface area contributed by atoms with Gasteiger partial charge in [-0.25, -0.2) is 0 Å². The highest BCUT2D eigenvalue weighted by Crippen LogP contribution is 2.64. The van der Waals surface area contributed by atoms with E-state index < -0.39 is 19.5 Å². The van der Waals surface area contributed by atoms with Gasteiger partial charge in [0.15, 0.2) is 8.32 Å². The van der Waals surface area contributed by atoms with Crippen molar-refractivity contribution in [2.24, 2.45) is 5.92 Å². The zero-order valence-corrected chi connectivity index (χ0v) is 20.4. The Morgan fingerprint density at radius 1 is 1.29 bits per heavy atom. The molecule has 1 aromatic rings. The fourth-order valence-corrected chi connectivity index (χ4v) is 6.65. The van der Waals surface area contributed by atoms with Gasteiger partial charge in [-0.1, -0.05) is 41.2 Å². The standard InChI is InChI=1S/C23H38O4Si/c1-14-12-15(2)25-19(14)16(3)22-13-23(18(5)26-22,20(24-9)17(22)4)27-28(10,11)21(6,7)8/h12,16-17,20H,5,13H2,1-4,6-11H3/t16-,17+,20+,22-,23-/m0/s1. The van der Waals surface area contributed by atoms with Crippen LogP contribution in [-0.2, 0) is 13.9 Å². The lowest BCUT2D eigenvalue weighted by Gasteiger charge is -2.47. The third kappa shape index (κ3) is 2.84. The average molecular weight is 407 g/mol. The molecule has 158 valence electrons. The molecule has 0 N–H and O–H groups in total. The number of aryl methyl sites for hydroxylation is 2. The van der Waals surface area contributed by atoms with E-state index in [9.17, 15) is 0 Å². The summed E-state index contributed by atoms with van der Waals surface area (Å²) in [5, 5.41) is 0.0950.